The van der Waals surface area contributed by atoms with Gasteiger partial charge in [0.15, 0.2) is 0 Å². The van der Waals surface area contributed by atoms with Crippen molar-refractivity contribution in [2.24, 2.45) is 0 Å². The molecular weight excluding hydrogens is 261 g/mol. The highest BCUT2D eigenvalue weighted by Gasteiger charge is 2.32. The predicted octanol–water partition coefficient (Wildman–Crippen LogP) is 2.87. The molecule has 14 heavy (non-hydrogen) atoms. The van der Waals surface area contributed by atoms with E-state index >= 15 is 0 Å². The van der Waals surface area contributed by atoms with Gasteiger partial charge in [0.1, 0.15) is 11.8 Å². The van der Waals surface area contributed by atoms with Crippen LogP contribution in [0.2, 0.25) is 0 Å². The van der Waals surface area contributed by atoms with E-state index in [1.807, 2.05) is 0 Å². The third-order valence-corrected chi connectivity index (χ3v) is 2.04. The van der Waals surface area contributed by atoms with Crippen molar-refractivity contribution in [2.75, 3.05) is 0 Å². The second-order valence-corrected chi connectivity index (χ2v) is 2.99. The third-order valence-electron chi connectivity index (χ3n) is 1.51. The smallest absolute Gasteiger partial charge is 0.246 e. The van der Waals surface area contributed by atoms with Gasteiger partial charge in [-0.15, -0.1) is 0 Å². The standard InChI is InChI=1S/C8H4BrF3N2/c9-3-6-5(4-13)1-2-7(14-6)8(10,11)12/h1-2H,3H2. The minimum atomic E-state index is -4.47. The molecule has 0 aliphatic carbocycles. The molecule has 74 valence electrons. The Labute approximate surface area is 86.5 Å². The van der Waals surface area contributed by atoms with Crippen molar-refractivity contribution in [2.45, 2.75) is 11.5 Å². The molecule has 0 aliphatic rings. The molecule has 0 unspecified atom stereocenters. The zero-order valence-electron chi connectivity index (χ0n) is 6.77. The average molecular weight is 265 g/mol. The second kappa shape index (κ2) is 3.96. The van der Waals surface area contributed by atoms with Crippen LogP contribution in [0.15, 0.2) is 12.1 Å². The molecule has 0 N–H and O–H groups in total. The summed E-state index contributed by atoms with van der Waals surface area (Å²) in [6.45, 7) is 0. The summed E-state index contributed by atoms with van der Waals surface area (Å²) in [6.07, 6.45) is -4.47. The first-order valence-electron chi connectivity index (χ1n) is 3.52. The van der Waals surface area contributed by atoms with E-state index < -0.39 is 11.9 Å². The van der Waals surface area contributed by atoms with E-state index in [9.17, 15) is 13.2 Å². The first-order valence-corrected chi connectivity index (χ1v) is 4.64. The van der Waals surface area contributed by atoms with Crippen molar-refractivity contribution in [3.05, 3.63) is 29.1 Å². The summed E-state index contributed by atoms with van der Waals surface area (Å²) < 4.78 is 36.5. The minimum Gasteiger partial charge on any atom is -0.246 e. The average Bonchev–Trinajstić information content (AvgIpc) is 2.15. The molecule has 0 saturated heterocycles. The molecule has 0 aromatic carbocycles. The number of alkyl halides is 4. The Morgan fingerprint density at radius 3 is 2.50 bits per heavy atom. The molecule has 0 amide bonds. The van der Waals surface area contributed by atoms with Crippen LogP contribution in [0.25, 0.3) is 0 Å². The second-order valence-electron chi connectivity index (χ2n) is 2.43. The van der Waals surface area contributed by atoms with Crippen LogP contribution in [0.1, 0.15) is 17.0 Å². The van der Waals surface area contributed by atoms with Gasteiger partial charge in [-0.25, -0.2) is 4.98 Å². The molecule has 0 aliphatic heterocycles. The van der Waals surface area contributed by atoms with Gasteiger partial charge in [-0.3, -0.25) is 0 Å². The van der Waals surface area contributed by atoms with Crippen LogP contribution in [-0.2, 0) is 11.5 Å². The predicted molar refractivity (Wildman–Crippen MR) is 46.6 cm³/mol. The summed E-state index contributed by atoms with van der Waals surface area (Å²) in [5.41, 5.74) is -0.733. The lowest BCUT2D eigenvalue weighted by Crippen LogP contribution is -2.09. The summed E-state index contributed by atoms with van der Waals surface area (Å²) >= 11 is 2.97. The molecule has 0 radical (unpaired) electrons. The number of hydrogen-bond acceptors (Lipinski definition) is 2. The van der Waals surface area contributed by atoms with E-state index in [2.05, 4.69) is 20.9 Å². The Bertz CT molecular complexity index is 381. The topological polar surface area (TPSA) is 36.7 Å². The van der Waals surface area contributed by atoms with Gasteiger partial charge in [-0.1, -0.05) is 15.9 Å². The fraction of sp³-hybridized carbons (Fsp3) is 0.250. The lowest BCUT2D eigenvalue weighted by molar-refractivity contribution is -0.141. The number of aromatic nitrogens is 1. The van der Waals surface area contributed by atoms with Gasteiger partial charge in [0.2, 0.25) is 0 Å². The Hall–Kier alpha value is -1.09. The minimum absolute atomic E-state index is 0.0994. The SMILES string of the molecule is N#Cc1ccc(C(F)(F)F)nc1CBr. The first-order chi connectivity index (χ1) is 6.49. The van der Waals surface area contributed by atoms with E-state index in [1.165, 1.54) is 0 Å². The van der Waals surface area contributed by atoms with Gasteiger partial charge in [-0.05, 0) is 12.1 Å². The number of hydrogen-bond donors (Lipinski definition) is 0. The van der Waals surface area contributed by atoms with E-state index in [0.717, 1.165) is 12.1 Å². The van der Waals surface area contributed by atoms with Gasteiger partial charge in [0.25, 0.3) is 0 Å². The maximum atomic E-state index is 12.2. The Kier molecular flexibility index (Phi) is 3.11. The van der Waals surface area contributed by atoms with Gasteiger partial charge < -0.3 is 0 Å². The highest BCUT2D eigenvalue weighted by Crippen LogP contribution is 2.28. The van der Waals surface area contributed by atoms with Crippen molar-refractivity contribution in [3.63, 3.8) is 0 Å². The molecule has 6 heteroatoms. The van der Waals surface area contributed by atoms with Crippen molar-refractivity contribution in [3.8, 4) is 6.07 Å². The molecule has 0 fully saturated rings. The van der Waals surface area contributed by atoms with E-state index in [0.29, 0.717) is 0 Å². The van der Waals surface area contributed by atoms with Crippen LogP contribution in [0.5, 0.6) is 0 Å². The molecule has 0 bridgehead atoms. The zero-order valence-corrected chi connectivity index (χ0v) is 8.35. The van der Waals surface area contributed by atoms with Gasteiger partial charge in [0.05, 0.1) is 11.3 Å². The van der Waals surface area contributed by atoms with Gasteiger partial charge in [-0.2, -0.15) is 18.4 Å². The van der Waals surface area contributed by atoms with Gasteiger partial charge in [0, 0.05) is 5.33 Å². The Morgan fingerprint density at radius 1 is 1.43 bits per heavy atom. The summed E-state index contributed by atoms with van der Waals surface area (Å²) in [4.78, 5) is 3.34. The monoisotopic (exact) mass is 264 g/mol. The molecule has 1 aromatic heterocycles. The van der Waals surface area contributed by atoms with Crippen LogP contribution in [0.3, 0.4) is 0 Å². The Balaban J connectivity index is 3.23. The van der Waals surface area contributed by atoms with Crippen LogP contribution in [0.4, 0.5) is 13.2 Å². The van der Waals surface area contributed by atoms with E-state index in [4.69, 9.17) is 5.26 Å². The zero-order chi connectivity index (χ0) is 10.8. The van der Waals surface area contributed by atoms with Crippen molar-refractivity contribution >= 4 is 15.9 Å². The van der Waals surface area contributed by atoms with Crippen molar-refractivity contribution in [1.29, 1.82) is 5.26 Å². The number of rotatable bonds is 1. The fourth-order valence-corrected chi connectivity index (χ4v) is 1.29. The molecule has 1 rings (SSSR count). The largest absolute Gasteiger partial charge is 0.433 e. The number of pyridine rings is 1. The molecular formula is C8H4BrF3N2. The van der Waals surface area contributed by atoms with Crippen molar-refractivity contribution < 1.29 is 13.2 Å². The Morgan fingerprint density at radius 2 is 2.07 bits per heavy atom. The third kappa shape index (κ3) is 2.23. The molecule has 0 spiro atoms. The molecule has 0 saturated carbocycles. The number of nitriles is 1. The molecule has 0 atom stereocenters. The lowest BCUT2D eigenvalue weighted by Gasteiger charge is -2.07. The molecule has 1 heterocycles. The van der Waals surface area contributed by atoms with Crippen LogP contribution >= 0.6 is 15.9 Å². The molecule has 1 aromatic rings. The lowest BCUT2D eigenvalue weighted by atomic mass is 10.2. The highest BCUT2D eigenvalue weighted by atomic mass is 79.9. The number of nitrogens with zero attached hydrogens (tertiary/aromatic N) is 2. The summed E-state index contributed by atoms with van der Waals surface area (Å²) in [5.74, 6) is 0. The fourth-order valence-electron chi connectivity index (χ4n) is 0.863. The summed E-state index contributed by atoms with van der Waals surface area (Å²) in [6, 6.07) is 3.68. The maximum absolute atomic E-state index is 12.2. The van der Waals surface area contributed by atoms with Crippen LogP contribution < -0.4 is 0 Å². The summed E-state index contributed by atoms with van der Waals surface area (Å²) in [5, 5.41) is 8.68. The van der Waals surface area contributed by atoms with Gasteiger partial charge >= 0.3 is 6.18 Å². The summed E-state index contributed by atoms with van der Waals surface area (Å²) in [7, 11) is 0. The van der Waals surface area contributed by atoms with Crippen LogP contribution in [0, 0.1) is 11.3 Å². The van der Waals surface area contributed by atoms with Crippen molar-refractivity contribution in [1.82, 2.24) is 4.98 Å². The normalized spacial score (nSPS) is 11.1. The van der Waals surface area contributed by atoms with E-state index in [1.54, 1.807) is 6.07 Å². The highest BCUT2D eigenvalue weighted by molar-refractivity contribution is 9.08. The van der Waals surface area contributed by atoms with Crippen LogP contribution in [-0.4, -0.2) is 4.98 Å². The van der Waals surface area contributed by atoms with E-state index in [-0.39, 0.29) is 16.6 Å². The maximum Gasteiger partial charge on any atom is 0.433 e. The first kappa shape index (κ1) is 11.0. The molecule has 2 nitrogen and oxygen atoms in total. The quantitative estimate of drug-likeness (QED) is 0.732. The number of halogens is 4.